The average Bonchev–Trinajstić information content (AvgIpc) is 2.31. The molecule has 1 rings (SSSR count). The number of hydrogen-bond acceptors (Lipinski definition) is 3. The summed E-state index contributed by atoms with van der Waals surface area (Å²) in [5.41, 5.74) is 0. The molecule has 72 valence electrons. The summed E-state index contributed by atoms with van der Waals surface area (Å²) in [7, 11) is -1.05. The van der Waals surface area contributed by atoms with Crippen molar-refractivity contribution >= 4 is 9.84 Å². The van der Waals surface area contributed by atoms with Crippen LogP contribution >= 0.6 is 0 Å². The molecule has 1 unspecified atom stereocenters. The maximum absolute atomic E-state index is 11.9. The number of sulfone groups is 1. The number of rotatable bonds is 3. The largest absolute Gasteiger partial charge is 0.300 e. The lowest BCUT2D eigenvalue weighted by Crippen LogP contribution is -2.34. The maximum Gasteiger partial charge on any atom is 0.151 e. The highest BCUT2D eigenvalue weighted by molar-refractivity contribution is 7.91. The smallest absolute Gasteiger partial charge is 0.151 e. The van der Waals surface area contributed by atoms with Crippen LogP contribution in [0.3, 0.4) is 0 Å². The van der Waals surface area contributed by atoms with E-state index in [1.54, 1.807) is 11.9 Å². The Balaban J connectivity index is 2.46. The number of halogens is 1. The minimum atomic E-state index is -2.82. The Morgan fingerprint density at radius 2 is 2.25 bits per heavy atom. The number of alkyl halides is 1. The van der Waals surface area contributed by atoms with Crippen molar-refractivity contribution in [3.05, 3.63) is 0 Å². The monoisotopic (exact) mass is 195 g/mol. The van der Waals surface area contributed by atoms with Crippen molar-refractivity contribution < 1.29 is 12.8 Å². The van der Waals surface area contributed by atoms with Gasteiger partial charge >= 0.3 is 0 Å². The second-order valence-electron chi connectivity index (χ2n) is 3.23. The van der Waals surface area contributed by atoms with E-state index in [2.05, 4.69) is 0 Å². The lowest BCUT2D eigenvalue weighted by Gasteiger charge is -2.20. The summed E-state index contributed by atoms with van der Waals surface area (Å²) in [4.78, 5) is 1.78. The summed E-state index contributed by atoms with van der Waals surface area (Å²) < 4.78 is 34.0. The topological polar surface area (TPSA) is 37.4 Å². The highest BCUT2D eigenvalue weighted by atomic mass is 32.2. The van der Waals surface area contributed by atoms with E-state index < -0.39 is 16.5 Å². The van der Waals surface area contributed by atoms with Crippen molar-refractivity contribution in [3.63, 3.8) is 0 Å². The Morgan fingerprint density at radius 3 is 2.67 bits per heavy atom. The third-order valence-electron chi connectivity index (χ3n) is 2.27. The molecule has 0 saturated carbocycles. The molecule has 0 N–H and O–H groups in total. The van der Waals surface area contributed by atoms with Gasteiger partial charge in [0.05, 0.1) is 11.5 Å². The van der Waals surface area contributed by atoms with Gasteiger partial charge in [0.2, 0.25) is 0 Å². The van der Waals surface area contributed by atoms with Crippen molar-refractivity contribution in [1.29, 1.82) is 0 Å². The molecule has 5 heteroatoms. The molecule has 12 heavy (non-hydrogen) atoms. The van der Waals surface area contributed by atoms with Gasteiger partial charge in [0, 0.05) is 12.6 Å². The van der Waals surface area contributed by atoms with Gasteiger partial charge in [0.15, 0.2) is 9.84 Å². The molecule has 0 radical (unpaired) electrons. The fourth-order valence-corrected chi connectivity index (χ4v) is 3.24. The van der Waals surface area contributed by atoms with E-state index >= 15 is 0 Å². The SMILES string of the molecule is CN(CCF)C1CCS(=O)(=O)C1. The molecule has 1 fully saturated rings. The van der Waals surface area contributed by atoms with Gasteiger partial charge in [-0.25, -0.2) is 12.8 Å². The van der Waals surface area contributed by atoms with Gasteiger partial charge in [-0.1, -0.05) is 0 Å². The molecular formula is C7H14FNO2S. The third-order valence-corrected chi connectivity index (χ3v) is 4.02. The van der Waals surface area contributed by atoms with Crippen LogP contribution in [0.5, 0.6) is 0 Å². The van der Waals surface area contributed by atoms with Crippen LogP contribution in [-0.2, 0) is 9.84 Å². The quantitative estimate of drug-likeness (QED) is 0.640. The standard InChI is InChI=1S/C7H14FNO2S/c1-9(4-3-8)7-2-5-12(10,11)6-7/h7H,2-6H2,1H3. The van der Waals surface area contributed by atoms with Gasteiger partial charge in [0.25, 0.3) is 0 Å². The molecule has 0 amide bonds. The highest BCUT2D eigenvalue weighted by Gasteiger charge is 2.30. The lowest BCUT2D eigenvalue weighted by molar-refractivity contribution is 0.238. The molecule has 3 nitrogen and oxygen atoms in total. The Morgan fingerprint density at radius 1 is 1.58 bits per heavy atom. The van der Waals surface area contributed by atoms with Crippen LogP contribution in [0.25, 0.3) is 0 Å². The van der Waals surface area contributed by atoms with E-state index in [0.29, 0.717) is 13.0 Å². The van der Waals surface area contributed by atoms with Crippen molar-refractivity contribution in [2.24, 2.45) is 0 Å². The maximum atomic E-state index is 11.9. The fraction of sp³-hybridized carbons (Fsp3) is 1.00. The lowest BCUT2D eigenvalue weighted by atomic mass is 10.2. The predicted molar refractivity (Wildman–Crippen MR) is 45.7 cm³/mol. The first-order valence-corrected chi connectivity index (χ1v) is 5.84. The Hall–Kier alpha value is -0.160. The van der Waals surface area contributed by atoms with Crippen LogP contribution in [0, 0.1) is 0 Å². The number of nitrogens with zero attached hydrogens (tertiary/aromatic N) is 1. The van der Waals surface area contributed by atoms with Gasteiger partial charge < -0.3 is 0 Å². The molecule has 0 aromatic carbocycles. The van der Waals surface area contributed by atoms with Gasteiger partial charge in [-0.3, -0.25) is 4.90 Å². The number of hydrogen-bond donors (Lipinski definition) is 0. The first kappa shape index (κ1) is 9.92. The molecule has 0 aliphatic carbocycles. The van der Waals surface area contributed by atoms with Crippen LogP contribution in [0.15, 0.2) is 0 Å². The van der Waals surface area contributed by atoms with Gasteiger partial charge in [-0.15, -0.1) is 0 Å². The van der Waals surface area contributed by atoms with Crippen LogP contribution in [0.2, 0.25) is 0 Å². The highest BCUT2D eigenvalue weighted by Crippen LogP contribution is 2.15. The zero-order valence-electron chi connectivity index (χ0n) is 7.16. The minimum Gasteiger partial charge on any atom is -0.300 e. The summed E-state index contributed by atoms with van der Waals surface area (Å²) in [6.45, 7) is -0.0762. The molecule has 0 bridgehead atoms. The summed E-state index contributed by atoms with van der Waals surface area (Å²) in [5.74, 6) is 0.456. The van der Waals surface area contributed by atoms with E-state index in [0.717, 1.165) is 0 Å². The molecule has 1 atom stereocenters. The van der Waals surface area contributed by atoms with Crippen molar-refractivity contribution in [2.75, 3.05) is 31.8 Å². The predicted octanol–water partition coefficient (Wildman–Crippen LogP) is 0.0748. The van der Waals surface area contributed by atoms with Gasteiger partial charge in [0.1, 0.15) is 6.67 Å². The zero-order chi connectivity index (χ0) is 9.19. The van der Waals surface area contributed by atoms with Crippen molar-refractivity contribution in [3.8, 4) is 0 Å². The second-order valence-corrected chi connectivity index (χ2v) is 5.46. The second kappa shape index (κ2) is 3.70. The molecular weight excluding hydrogens is 181 g/mol. The summed E-state index contributed by atoms with van der Waals surface area (Å²) in [5, 5.41) is 0. The summed E-state index contributed by atoms with van der Waals surface area (Å²) >= 11 is 0. The Bertz CT molecular complexity index is 240. The Labute approximate surface area is 72.5 Å². The van der Waals surface area contributed by atoms with Gasteiger partial charge in [-0.05, 0) is 13.5 Å². The van der Waals surface area contributed by atoms with E-state index in [1.807, 2.05) is 0 Å². The molecule has 1 saturated heterocycles. The van der Waals surface area contributed by atoms with Crippen LogP contribution in [-0.4, -0.2) is 51.1 Å². The van der Waals surface area contributed by atoms with Crippen LogP contribution < -0.4 is 0 Å². The average molecular weight is 195 g/mol. The minimum absolute atomic E-state index is 0.0331. The van der Waals surface area contributed by atoms with E-state index in [9.17, 15) is 12.8 Å². The van der Waals surface area contributed by atoms with Gasteiger partial charge in [-0.2, -0.15) is 0 Å². The van der Waals surface area contributed by atoms with E-state index in [4.69, 9.17) is 0 Å². The molecule has 0 aromatic heterocycles. The zero-order valence-corrected chi connectivity index (χ0v) is 7.98. The van der Waals surface area contributed by atoms with Crippen molar-refractivity contribution in [1.82, 2.24) is 4.90 Å². The summed E-state index contributed by atoms with van der Waals surface area (Å²) in [6, 6.07) is 0.0331. The first-order chi connectivity index (χ1) is 5.55. The Kier molecular flexibility index (Phi) is 3.06. The molecule has 0 spiro atoms. The van der Waals surface area contributed by atoms with Crippen LogP contribution in [0.1, 0.15) is 6.42 Å². The van der Waals surface area contributed by atoms with Crippen molar-refractivity contribution in [2.45, 2.75) is 12.5 Å². The normalized spacial score (nSPS) is 28.1. The molecule has 1 aliphatic rings. The first-order valence-electron chi connectivity index (χ1n) is 4.02. The molecule has 1 heterocycles. The van der Waals surface area contributed by atoms with Crippen LogP contribution in [0.4, 0.5) is 4.39 Å². The van der Waals surface area contributed by atoms with E-state index in [-0.39, 0.29) is 17.5 Å². The third kappa shape index (κ3) is 2.42. The molecule has 1 aliphatic heterocycles. The van der Waals surface area contributed by atoms with E-state index in [1.165, 1.54) is 0 Å². The molecule has 0 aromatic rings. The summed E-state index contributed by atoms with van der Waals surface area (Å²) in [6.07, 6.45) is 0.652. The fourth-order valence-electron chi connectivity index (χ4n) is 1.44.